The molecule has 1 aliphatic heterocycles. The van der Waals surface area contributed by atoms with Crippen LogP contribution >= 0.6 is 0 Å². The molecule has 36 heavy (non-hydrogen) atoms. The molecule has 3 aromatic rings. The molecule has 1 aliphatic rings. The summed E-state index contributed by atoms with van der Waals surface area (Å²) in [5, 5.41) is 4.78. The van der Waals surface area contributed by atoms with Gasteiger partial charge in [-0.25, -0.2) is 9.18 Å². The van der Waals surface area contributed by atoms with Gasteiger partial charge in [-0.2, -0.15) is 13.2 Å². The summed E-state index contributed by atoms with van der Waals surface area (Å²) in [6, 6.07) is 16.8. The Bertz CT molecular complexity index is 1210. The van der Waals surface area contributed by atoms with Crippen molar-refractivity contribution >= 4 is 29.0 Å². The van der Waals surface area contributed by atoms with Gasteiger partial charge in [0.25, 0.3) is 0 Å². The molecule has 3 aromatic carbocycles. The molecule has 2 N–H and O–H groups in total. The number of alkyl halides is 3. The molecule has 3 amide bonds. The van der Waals surface area contributed by atoms with Crippen molar-refractivity contribution in [1.82, 2.24) is 4.90 Å². The first-order valence-electron chi connectivity index (χ1n) is 11.3. The molecule has 10 heteroatoms. The smallest absolute Gasteiger partial charge is 0.368 e. The van der Waals surface area contributed by atoms with Crippen LogP contribution in [0.5, 0.6) is 0 Å². The third kappa shape index (κ3) is 6.32. The predicted molar refractivity (Wildman–Crippen MR) is 129 cm³/mol. The van der Waals surface area contributed by atoms with Gasteiger partial charge in [-0.1, -0.05) is 24.3 Å². The Kier molecular flexibility index (Phi) is 7.42. The lowest BCUT2D eigenvalue weighted by atomic mass is 10.1. The lowest BCUT2D eigenvalue weighted by molar-refractivity contribution is -0.137. The molecule has 0 bridgehead atoms. The van der Waals surface area contributed by atoms with Crippen LogP contribution in [0.4, 0.5) is 39.4 Å². The van der Waals surface area contributed by atoms with Gasteiger partial charge in [0, 0.05) is 37.6 Å². The number of hydrogen-bond donors (Lipinski definition) is 2. The van der Waals surface area contributed by atoms with Crippen molar-refractivity contribution in [3.63, 3.8) is 0 Å². The first kappa shape index (κ1) is 25.0. The van der Waals surface area contributed by atoms with Gasteiger partial charge in [-0.15, -0.1) is 0 Å². The van der Waals surface area contributed by atoms with Crippen molar-refractivity contribution in [3.8, 4) is 0 Å². The molecule has 0 spiro atoms. The van der Waals surface area contributed by atoms with Gasteiger partial charge in [-0.3, -0.25) is 4.79 Å². The van der Waals surface area contributed by atoms with E-state index >= 15 is 0 Å². The number of rotatable bonds is 5. The maximum atomic E-state index is 13.1. The van der Waals surface area contributed by atoms with E-state index in [1.54, 1.807) is 41.3 Å². The lowest BCUT2D eigenvalue weighted by Gasteiger charge is -2.36. The van der Waals surface area contributed by atoms with Crippen molar-refractivity contribution in [2.24, 2.45) is 0 Å². The Hall–Kier alpha value is -4.08. The molecular weight excluding hydrogens is 476 g/mol. The molecule has 6 nitrogen and oxygen atoms in total. The van der Waals surface area contributed by atoms with E-state index in [9.17, 15) is 27.2 Å². The number of halogens is 4. The monoisotopic (exact) mass is 500 g/mol. The van der Waals surface area contributed by atoms with Crippen molar-refractivity contribution < 1.29 is 27.2 Å². The van der Waals surface area contributed by atoms with Gasteiger partial charge < -0.3 is 20.4 Å². The summed E-state index contributed by atoms with van der Waals surface area (Å²) in [5.74, 6) is -0.354. The summed E-state index contributed by atoms with van der Waals surface area (Å²) in [7, 11) is 0. The molecule has 188 valence electrons. The number of carbonyl (C=O) groups excluding carboxylic acids is 2. The highest BCUT2D eigenvalue weighted by atomic mass is 19.4. The minimum Gasteiger partial charge on any atom is -0.368 e. The summed E-state index contributed by atoms with van der Waals surface area (Å²) in [6.45, 7) is 2.33. The fourth-order valence-corrected chi connectivity index (χ4v) is 3.98. The van der Waals surface area contributed by atoms with Gasteiger partial charge in [0.1, 0.15) is 5.82 Å². The van der Waals surface area contributed by atoms with Gasteiger partial charge in [0.15, 0.2) is 0 Å². The molecule has 0 radical (unpaired) electrons. The van der Waals surface area contributed by atoms with E-state index in [0.29, 0.717) is 31.9 Å². The highest BCUT2D eigenvalue weighted by molar-refractivity contribution is 6.00. The summed E-state index contributed by atoms with van der Waals surface area (Å²) in [5.41, 5.74) is 0.831. The summed E-state index contributed by atoms with van der Waals surface area (Å²) in [4.78, 5) is 28.7. The van der Waals surface area contributed by atoms with Crippen molar-refractivity contribution in [3.05, 3.63) is 89.7 Å². The van der Waals surface area contributed by atoms with Crippen LogP contribution in [-0.2, 0) is 17.4 Å². The molecule has 0 aliphatic carbocycles. The third-order valence-electron chi connectivity index (χ3n) is 5.87. The van der Waals surface area contributed by atoms with Gasteiger partial charge in [-0.05, 0) is 54.1 Å². The molecule has 1 fully saturated rings. The zero-order chi connectivity index (χ0) is 25.7. The summed E-state index contributed by atoms with van der Waals surface area (Å²) < 4.78 is 52.4. The van der Waals surface area contributed by atoms with Gasteiger partial charge in [0.2, 0.25) is 5.91 Å². The minimum atomic E-state index is -4.58. The predicted octanol–water partition coefficient (Wildman–Crippen LogP) is 5.38. The topological polar surface area (TPSA) is 64.7 Å². The van der Waals surface area contributed by atoms with Crippen LogP contribution in [0.2, 0.25) is 0 Å². The van der Waals surface area contributed by atoms with Gasteiger partial charge >= 0.3 is 12.2 Å². The summed E-state index contributed by atoms with van der Waals surface area (Å²) in [6.07, 6.45) is -4.36. The largest absolute Gasteiger partial charge is 0.418 e. The number of hydrogen-bond acceptors (Lipinski definition) is 3. The Morgan fingerprint density at radius 2 is 1.44 bits per heavy atom. The number of urea groups is 1. The Morgan fingerprint density at radius 1 is 0.806 bits per heavy atom. The van der Waals surface area contributed by atoms with Crippen LogP contribution in [0.25, 0.3) is 0 Å². The first-order chi connectivity index (χ1) is 17.2. The fraction of sp³-hybridized carbons (Fsp3) is 0.231. The number of nitrogens with zero attached hydrogens (tertiary/aromatic N) is 2. The zero-order valence-electron chi connectivity index (χ0n) is 19.2. The number of anilines is 3. The SMILES string of the molecule is O=C(Nc1ccc(N2CCN(C(=O)Cc3ccc(F)cc3)CC2)cc1)Nc1ccccc1C(F)(F)F. The number of nitrogens with one attached hydrogen (secondary N) is 2. The molecule has 1 heterocycles. The molecule has 1 saturated heterocycles. The molecule has 0 atom stereocenters. The highest BCUT2D eigenvalue weighted by Gasteiger charge is 2.33. The molecule has 4 rings (SSSR count). The molecule has 0 saturated carbocycles. The Morgan fingerprint density at radius 3 is 2.08 bits per heavy atom. The van der Waals surface area contributed by atoms with Crippen LogP contribution in [0.1, 0.15) is 11.1 Å². The second kappa shape index (κ2) is 10.7. The number of piperazine rings is 1. The van der Waals surface area contributed by atoms with E-state index in [1.807, 2.05) is 0 Å². The number of para-hydroxylation sites is 1. The van der Waals surface area contributed by atoms with E-state index in [4.69, 9.17) is 0 Å². The second-order valence-electron chi connectivity index (χ2n) is 8.34. The number of carbonyl (C=O) groups is 2. The summed E-state index contributed by atoms with van der Waals surface area (Å²) >= 11 is 0. The van der Waals surface area contributed by atoms with E-state index in [1.165, 1.54) is 30.3 Å². The van der Waals surface area contributed by atoms with Crippen LogP contribution in [-0.4, -0.2) is 43.0 Å². The fourth-order valence-electron chi connectivity index (χ4n) is 3.98. The molecule has 0 aromatic heterocycles. The molecular formula is C26H24F4N4O2. The maximum absolute atomic E-state index is 13.1. The van der Waals surface area contributed by atoms with E-state index in [2.05, 4.69) is 15.5 Å². The first-order valence-corrected chi connectivity index (χ1v) is 11.3. The lowest BCUT2D eigenvalue weighted by Crippen LogP contribution is -2.49. The normalized spacial score (nSPS) is 13.9. The number of benzene rings is 3. The van der Waals surface area contributed by atoms with Crippen LogP contribution in [0.3, 0.4) is 0 Å². The van der Waals surface area contributed by atoms with E-state index < -0.39 is 17.8 Å². The average Bonchev–Trinajstić information content (AvgIpc) is 2.85. The zero-order valence-corrected chi connectivity index (χ0v) is 19.2. The van der Waals surface area contributed by atoms with E-state index in [0.717, 1.165) is 17.3 Å². The van der Waals surface area contributed by atoms with E-state index in [-0.39, 0.29) is 23.8 Å². The quantitative estimate of drug-likeness (QED) is 0.463. The Balaban J connectivity index is 1.28. The standard InChI is InChI=1S/C26H24F4N4O2/c27-19-7-5-18(6-8-19)17-24(35)34-15-13-33(14-16-34)21-11-9-20(10-12-21)31-25(36)32-23-4-2-1-3-22(23)26(28,29)30/h1-12H,13-17H2,(H2,31,32,36). The van der Waals surface area contributed by atoms with Crippen molar-refractivity contribution in [2.45, 2.75) is 12.6 Å². The highest BCUT2D eigenvalue weighted by Crippen LogP contribution is 2.34. The average molecular weight is 500 g/mol. The minimum absolute atomic E-state index is 0.0149. The maximum Gasteiger partial charge on any atom is 0.418 e. The van der Waals surface area contributed by atoms with Crippen LogP contribution in [0.15, 0.2) is 72.8 Å². The van der Waals surface area contributed by atoms with Crippen molar-refractivity contribution in [2.75, 3.05) is 41.7 Å². The van der Waals surface area contributed by atoms with Crippen LogP contribution < -0.4 is 15.5 Å². The third-order valence-corrected chi connectivity index (χ3v) is 5.87. The van der Waals surface area contributed by atoms with Crippen LogP contribution in [0, 0.1) is 5.82 Å². The molecule has 0 unspecified atom stereocenters. The second-order valence-corrected chi connectivity index (χ2v) is 8.34. The Labute approximate surface area is 205 Å². The van der Waals surface area contributed by atoms with Crippen molar-refractivity contribution in [1.29, 1.82) is 0 Å². The van der Waals surface area contributed by atoms with Gasteiger partial charge in [0.05, 0.1) is 17.7 Å². The number of amides is 3.